The molecule has 0 saturated carbocycles. The molecule has 9 heteroatoms. The fourth-order valence-electron chi connectivity index (χ4n) is 4.05. The quantitative estimate of drug-likeness (QED) is 0.258. The summed E-state index contributed by atoms with van der Waals surface area (Å²) in [5.41, 5.74) is 5.43. The van der Waals surface area contributed by atoms with Gasteiger partial charge in [-0.05, 0) is 50.1 Å². The van der Waals surface area contributed by atoms with Gasteiger partial charge in [-0.2, -0.15) is 0 Å². The monoisotopic (exact) mass is 501 g/mol. The van der Waals surface area contributed by atoms with Gasteiger partial charge >= 0.3 is 29.6 Å². The van der Waals surface area contributed by atoms with Crippen molar-refractivity contribution in [2.75, 3.05) is 6.61 Å². The Morgan fingerprint density at radius 3 is 2.34 bits per heavy atom. The Balaban J connectivity index is 0.00000342. The number of imidazole rings is 1. The molecule has 0 bridgehead atoms. The summed E-state index contributed by atoms with van der Waals surface area (Å²) in [6.45, 7) is 8.43. The van der Waals surface area contributed by atoms with E-state index in [1.54, 1.807) is 43.3 Å². The average molecular weight is 501 g/mol. The fourth-order valence-corrected chi connectivity index (χ4v) is 5.33. The molecule has 0 fully saturated rings. The van der Waals surface area contributed by atoms with Gasteiger partial charge in [0.15, 0.2) is 19.1 Å². The second kappa shape index (κ2) is 11.8. The van der Waals surface area contributed by atoms with E-state index in [1.807, 2.05) is 31.2 Å². The predicted molar refractivity (Wildman–Crippen MR) is 131 cm³/mol. The minimum Gasteiger partial charge on any atom is -0.776 e. The fraction of sp³-hybridized carbons (Fsp3) is 0.308. The van der Waals surface area contributed by atoms with E-state index in [0.717, 1.165) is 40.2 Å². The summed E-state index contributed by atoms with van der Waals surface area (Å²) in [7, 11) is -4.29. The molecule has 2 aromatic heterocycles. The Morgan fingerprint density at radius 1 is 1.03 bits per heavy atom. The number of aromatic nitrogens is 3. The molecule has 178 valence electrons. The molecule has 7 nitrogen and oxygen atoms in total. The van der Waals surface area contributed by atoms with Crippen molar-refractivity contribution in [1.82, 2.24) is 14.5 Å². The van der Waals surface area contributed by atoms with Gasteiger partial charge < -0.3 is 23.3 Å². The topological polar surface area (TPSA) is 89.3 Å². The zero-order chi connectivity index (χ0) is 24.3. The summed E-state index contributed by atoms with van der Waals surface area (Å²) in [6, 6.07) is 18.3. The molecule has 0 amide bonds. The van der Waals surface area contributed by atoms with E-state index in [9.17, 15) is 9.46 Å². The molecule has 0 aliphatic heterocycles. The average Bonchev–Trinajstić information content (AvgIpc) is 3.16. The molecule has 2 atom stereocenters. The van der Waals surface area contributed by atoms with Crippen LogP contribution in [0.1, 0.15) is 47.9 Å². The van der Waals surface area contributed by atoms with Crippen molar-refractivity contribution in [3.05, 3.63) is 88.9 Å². The summed E-state index contributed by atoms with van der Waals surface area (Å²) in [6.07, 6.45) is 0.797. The molecule has 0 spiro atoms. The van der Waals surface area contributed by atoms with Crippen LogP contribution in [-0.2, 0) is 22.1 Å². The molecule has 0 N–H and O–H groups in total. The van der Waals surface area contributed by atoms with Crippen molar-refractivity contribution < 1.29 is 48.3 Å². The smallest absolute Gasteiger partial charge is 0.776 e. The van der Waals surface area contributed by atoms with Crippen molar-refractivity contribution in [3.63, 3.8) is 0 Å². The van der Waals surface area contributed by atoms with Gasteiger partial charge in [0.25, 0.3) is 0 Å². The van der Waals surface area contributed by atoms with Crippen molar-refractivity contribution in [2.45, 2.75) is 46.5 Å². The van der Waals surface area contributed by atoms with Gasteiger partial charge in [0.1, 0.15) is 17.1 Å². The van der Waals surface area contributed by atoms with Crippen molar-refractivity contribution in [3.8, 4) is 5.75 Å². The first-order valence-electron chi connectivity index (χ1n) is 11.4. The number of nitrogens with zero attached hydrogens (tertiary/aromatic N) is 3. The standard InChI is InChI=1S/C26H30N3O4P.Na/c1-5-23-28-24-18(3)16-19(4)27-25(24)29(23)17-20-12-14-22(15-13-20)33-26(34(30,31)32-6-2)21-10-8-7-9-11-21;/h7-16,26H,5-6,17H2,1-4H3,(H,30,31);/q;+1/p-1. The predicted octanol–water partition coefficient (Wildman–Crippen LogP) is 2.33. The Bertz CT molecular complexity index is 1330. The van der Waals surface area contributed by atoms with Gasteiger partial charge in [-0.25, -0.2) is 9.97 Å². The Morgan fingerprint density at radius 2 is 1.71 bits per heavy atom. The van der Waals surface area contributed by atoms with Gasteiger partial charge in [-0.1, -0.05) is 49.4 Å². The van der Waals surface area contributed by atoms with Crippen molar-refractivity contribution in [2.24, 2.45) is 0 Å². The van der Waals surface area contributed by atoms with E-state index in [2.05, 4.69) is 18.4 Å². The third-order valence-electron chi connectivity index (χ3n) is 5.61. The number of hydrogen-bond donors (Lipinski definition) is 0. The zero-order valence-electron chi connectivity index (χ0n) is 20.9. The van der Waals surface area contributed by atoms with Crippen LogP contribution < -0.4 is 39.2 Å². The van der Waals surface area contributed by atoms with E-state index in [4.69, 9.17) is 19.2 Å². The molecule has 2 heterocycles. The molecular weight excluding hydrogens is 472 g/mol. The first kappa shape index (κ1) is 27.6. The molecule has 4 aromatic rings. The second-order valence-electron chi connectivity index (χ2n) is 8.20. The number of fused-ring (bicyclic) bond motifs is 1. The van der Waals surface area contributed by atoms with Crippen LogP contribution >= 0.6 is 7.60 Å². The molecule has 0 aliphatic carbocycles. The molecule has 2 unspecified atom stereocenters. The van der Waals surface area contributed by atoms with Crippen LogP contribution in [0.2, 0.25) is 0 Å². The van der Waals surface area contributed by atoms with E-state index in [-0.39, 0.29) is 36.2 Å². The molecular formula is C26H29N3NaO4P. The van der Waals surface area contributed by atoms with Gasteiger partial charge in [0.05, 0.1) is 13.2 Å². The first-order chi connectivity index (χ1) is 16.3. The minimum atomic E-state index is -4.29. The molecule has 0 saturated heterocycles. The summed E-state index contributed by atoms with van der Waals surface area (Å²) in [5.74, 6) is 0.202. The summed E-state index contributed by atoms with van der Waals surface area (Å²) < 4.78 is 25.8. The largest absolute Gasteiger partial charge is 1.00 e. The molecule has 35 heavy (non-hydrogen) atoms. The van der Waals surface area contributed by atoms with Gasteiger partial charge in [-0.3, -0.25) is 0 Å². The minimum absolute atomic E-state index is 0. The Labute approximate surface area is 228 Å². The Kier molecular flexibility index (Phi) is 9.33. The van der Waals surface area contributed by atoms with Crippen LogP contribution in [0.15, 0.2) is 60.7 Å². The van der Waals surface area contributed by atoms with Crippen LogP contribution in [-0.4, -0.2) is 21.1 Å². The molecule has 0 aliphatic rings. The number of aryl methyl sites for hydroxylation is 3. The van der Waals surface area contributed by atoms with Crippen LogP contribution in [0.4, 0.5) is 0 Å². The summed E-state index contributed by atoms with van der Waals surface area (Å²) in [5, 5.41) is 0. The third kappa shape index (κ3) is 6.23. The maximum Gasteiger partial charge on any atom is 1.00 e. The van der Waals surface area contributed by atoms with E-state index < -0.39 is 13.4 Å². The molecule has 4 rings (SSSR count). The summed E-state index contributed by atoms with van der Waals surface area (Å²) >= 11 is 0. The molecule has 2 aromatic carbocycles. The number of hydrogen-bond acceptors (Lipinski definition) is 6. The number of benzene rings is 2. The van der Waals surface area contributed by atoms with Gasteiger partial charge in [0, 0.05) is 17.7 Å². The van der Waals surface area contributed by atoms with Crippen LogP contribution in [0.25, 0.3) is 11.2 Å². The van der Waals surface area contributed by atoms with Crippen LogP contribution in [0.3, 0.4) is 0 Å². The third-order valence-corrected chi connectivity index (χ3v) is 7.21. The zero-order valence-corrected chi connectivity index (χ0v) is 23.8. The van der Waals surface area contributed by atoms with Crippen LogP contribution in [0, 0.1) is 13.8 Å². The van der Waals surface area contributed by atoms with Crippen molar-refractivity contribution >= 4 is 18.8 Å². The van der Waals surface area contributed by atoms with E-state index >= 15 is 0 Å². The Hall–Kier alpha value is -1.99. The second-order valence-corrected chi connectivity index (χ2v) is 10.0. The van der Waals surface area contributed by atoms with E-state index in [0.29, 0.717) is 17.9 Å². The van der Waals surface area contributed by atoms with Crippen LogP contribution in [0.5, 0.6) is 5.75 Å². The van der Waals surface area contributed by atoms with E-state index in [1.165, 1.54) is 0 Å². The number of rotatable bonds is 9. The SMILES string of the molecule is CCOP(=O)([O-])C(Oc1ccc(Cn2c(CC)nc3c(C)cc(C)nc32)cc1)c1ccccc1.[Na+]. The van der Waals surface area contributed by atoms with Crippen molar-refractivity contribution in [1.29, 1.82) is 0 Å². The number of pyridine rings is 1. The molecule has 0 radical (unpaired) electrons. The first-order valence-corrected chi connectivity index (χ1v) is 13.0. The normalized spacial score (nSPS) is 13.7. The maximum atomic E-state index is 12.7. The maximum absolute atomic E-state index is 12.7. The summed E-state index contributed by atoms with van der Waals surface area (Å²) in [4.78, 5) is 22.3. The van der Waals surface area contributed by atoms with Gasteiger partial charge in [0.2, 0.25) is 0 Å². The van der Waals surface area contributed by atoms with Gasteiger partial charge in [-0.15, -0.1) is 0 Å². The number of ether oxygens (including phenoxy) is 1.